The van der Waals surface area contributed by atoms with Crippen LogP contribution < -0.4 is 5.32 Å². The zero-order chi connectivity index (χ0) is 16.1. The van der Waals surface area contributed by atoms with Crippen molar-refractivity contribution in [3.05, 3.63) is 57.8 Å². The SMILES string of the molecule is O=Cc1ccc(C(=O)NCC(c2cccs2)N2CCCC2)cc1. The number of hydrogen-bond donors (Lipinski definition) is 1. The van der Waals surface area contributed by atoms with Gasteiger partial charge in [0.15, 0.2) is 0 Å². The summed E-state index contributed by atoms with van der Waals surface area (Å²) in [5.74, 6) is -0.0943. The predicted molar refractivity (Wildman–Crippen MR) is 92.0 cm³/mol. The normalized spacial score (nSPS) is 16.2. The van der Waals surface area contributed by atoms with Gasteiger partial charge < -0.3 is 5.32 Å². The monoisotopic (exact) mass is 328 g/mol. The average Bonchev–Trinajstić information content (AvgIpc) is 3.29. The number of thiophene rings is 1. The number of aldehydes is 1. The van der Waals surface area contributed by atoms with E-state index in [2.05, 4.69) is 27.7 Å². The van der Waals surface area contributed by atoms with Crippen LogP contribution in [0.2, 0.25) is 0 Å². The molecule has 0 bridgehead atoms. The molecule has 1 aliphatic rings. The highest BCUT2D eigenvalue weighted by atomic mass is 32.1. The number of rotatable bonds is 6. The summed E-state index contributed by atoms with van der Waals surface area (Å²) in [7, 11) is 0. The Morgan fingerprint density at radius 2 is 1.96 bits per heavy atom. The van der Waals surface area contributed by atoms with E-state index in [0.29, 0.717) is 17.7 Å². The Morgan fingerprint density at radius 1 is 1.22 bits per heavy atom. The first-order valence-corrected chi connectivity index (χ1v) is 8.77. The molecule has 3 rings (SSSR count). The minimum Gasteiger partial charge on any atom is -0.350 e. The summed E-state index contributed by atoms with van der Waals surface area (Å²) < 4.78 is 0. The van der Waals surface area contributed by atoms with Gasteiger partial charge in [0.1, 0.15) is 6.29 Å². The van der Waals surface area contributed by atoms with Crippen LogP contribution in [0.15, 0.2) is 41.8 Å². The highest BCUT2D eigenvalue weighted by molar-refractivity contribution is 7.10. The molecule has 2 heterocycles. The van der Waals surface area contributed by atoms with Crippen molar-refractivity contribution in [2.45, 2.75) is 18.9 Å². The minimum atomic E-state index is -0.0943. The molecule has 1 fully saturated rings. The van der Waals surface area contributed by atoms with E-state index in [1.54, 1.807) is 35.6 Å². The van der Waals surface area contributed by atoms with E-state index < -0.39 is 0 Å². The first kappa shape index (κ1) is 15.9. The molecule has 120 valence electrons. The molecule has 0 spiro atoms. The molecule has 1 atom stereocenters. The van der Waals surface area contributed by atoms with Gasteiger partial charge in [-0.3, -0.25) is 14.5 Å². The minimum absolute atomic E-state index is 0.0943. The second-order valence-electron chi connectivity index (χ2n) is 5.72. The van der Waals surface area contributed by atoms with Crippen molar-refractivity contribution in [1.29, 1.82) is 0 Å². The van der Waals surface area contributed by atoms with Gasteiger partial charge in [-0.25, -0.2) is 0 Å². The van der Waals surface area contributed by atoms with Crippen molar-refractivity contribution in [1.82, 2.24) is 10.2 Å². The first-order valence-electron chi connectivity index (χ1n) is 7.89. The Kier molecular flexibility index (Phi) is 5.20. The fraction of sp³-hybridized carbons (Fsp3) is 0.333. The molecule has 0 saturated carbocycles. The van der Waals surface area contributed by atoms with Crippen LogP contribution in [0.25, 0.3) is 0 Å². The highest BCUT2D eigenvalue weighted by Crippen LogP contribution is 2.27. The topological polar surface area (TPSA) is 49.4 Å². The number of hydrogen-bond acceptors (Lipinski definition) is 4. The third-order valence-electron chi connectivity index (χ3n) is 4.22. The number of carbonyl (C=O) groups excluding carboxylic acids is 2. The van der Waals surface area contributed by atoms with Crippen molar-refractivity contribution < 1.29 is 9.59 Å². The molecule has 1 aromatic heterocycles. The molecule has 1 aromatic carbocycles. The fourth-order valence-corrected chi connectivity index (χ4v) is 3.81. The molecule has 2 aromatic rings. The van der Waals surface area contributed by atoms with E-state index in [4.69, 9.17) is 0 Å². The lowest BCUT2D eigenvalue weighted by atomic mass is 10.1. The van der Waals surface area contributed by atoms with Crippen molar-refractivity contribution >= 4 is 23.5 Å². The van der Waals surface area contributed by atoms with Crippen LogP contribution in [-0.2, 0) is 0 Å². The maximum Gasteiger partial charge on any atom is 0.251 e. The Morgan fingerprint density at radius 3 is 2.57 bits per heavy atom. The zero-order valence-corrected chi connectivity index (χ0v) is 13.7. The van der Waals surface area contributed by atoms with E-state index in [1.165, 1.54) is 17.7 Å². The Hall–Kier alpha value is -1.98. The summed E-state index contributed by atoms with van der Waals surface area (Å²) in [5.41, 5.74) is 1.16. The molecule has 23 heavy (non-hydrogen) atoms. The fourth-order valence-electron chi connectivity index (χ4n) is 2.95. The largest absolute Gasteiger partial charge is 0.350 e. The molecule has 0 aliphatic carbocycles. The smallest absolute Gasteiger partial charge is 0.251 e. The molecule has 4 nitrogen and oxygen atoms in total. The highest BCUT2D eigenvalue weighted by Gasteiger charge is 2.24. The van der Waals surface area contributed by atoms with E-state index >= 15 is 0 Å². The number of benzene rings is 1. The molecule has 1 aliphatic heterocycles. The summed E-state index contributed by atoms with van der Waals surface area (Å²) in [5, 5.41) is 5.12. The zero-order valence-electron chi connectivity index (χ0n) is 12.9. The van der Waals surface area contributed by atoms with Crippen LogP contribution in [0, 0.1) is 0 Å². The summed E-state index contributed by atoms with van der Waals surface area (Å²) >= 11 is 1.74. The Bertz CT molecular complexity index is 646. The lowest BCUT2D eigenvalue weighted by Gasteiger charge is -2.26. The van der Waals surface area contributed by atoms with Gasteiger partial charge in [0.25, 0.3) is 5.91 Å². The van der Waals surface area contributed by atoms with Crippen molar-refractivity contribution in [3.8, 4) is 0 Å². The Balaban J connectivity index is 1.65. The molecule has 1 amide bonds. The molecule has 1 saturated heterocycles. The van der Waals surface area contributed by atoms with E-state index in [-0.39, 0.29) is 11.9 Å². The van der Waals surface area contributed by atoms with E-state index in [0.717, 1.165) is 19.4 Å². The first-order chi connectivity index (χ1) is 11.3. The summed E-state index contributed by atoms with van der Waals surface area (Å²) in [4.78, 5) is 26.7. The molecular weight excluding hydrogens is 308 g/mol. The second kappa shape index (κ2) is 7.53. The van der Waals surface area contributed by atoms with Gasteiger partial charge in [0.05, 0.1) is 6.04 Å². The van der Waals surface area contributed by atoms with Crippen molar-refractivity contribution in [2.24, 2.45) is 0 Å². The number of nitrogens with zero attached hydrogens (tertiary/aromatic N) is 1. The van der Waals surface area contributed by atoms with Crippen LogP contribution in [-0.4, -0.2) is 36.7 Å². The molecule has 5 heteroatoms. The molecular formula is C18H20N2O2S. The third-order valence-corrected chi connectivity index (χ3v) is 5.19. The van der Waals surface area contributed by atoms with Gasteiger partial charge in [0.2, 0.25) is 0 Å². The molecule has 1 unspecified atom stereocenters. The van der Waals surface area contributed by atoms with Crippen LogP contribution in [0.3, 0.4) is 0 Å². The summed E-state index contributed by atoms with van der Waals surface area (Å²) in [6.45, 7) is 2.79. The standard InChI is InChI=1S/C18H20N2O2S/c21-13-14-5-7-15(8-6-14)18(22)19-12-16(17-4-3-11-23-17)20-9-1-2-10-20/h3-8,11,13,16H,1-2,9-10,12H2,(H,19,22). The maximum atomic E-state index is 12.3. The molecule has 0 radical (unpaired) electrons. The van der Waals surface area contributed by atoms with E-state index in [9.17, 15) is 9.59 Å². The number of nitrogens with one attached hydrogen (secondary N) is 1. The van der Waals surface area contributed by atoms with Crippen molar-refractivity contribution in [3.63, 3.8) is 0 Å². The van der Waals surface area contributed by atoms with Gasteiger partial charge in [0, 0.05) is 22.5 Å². The predicted octanol–water partition coefficient (Wildman–Crippen LogP) is 3.13. The average molecular weight is 328 g/mol. The number of carbonyl (C=O) groups is 2. The van der Waals surface area contributed by atoms with Gasteiger partial charge in [-0.1, -0.05) is 18.2 Å². The van der Waals surface area contributed by atoms with Crippen LogP contribution in [0.4, 0.5) is 0 Å². The van der Waals surface area contributed by atoms with Crippen LogP contribution in [0.1, 0.15) is 44.5 Å². The van der Waals surface area contributed by atoms with Gasteiger partial charge in [-0.15, -0.1) is 11.3 Å². The van der Waals surface area contributed by atoms with E-state index in [1.807, 2.05) is 0 Å². The Labute approximate surface area is 140 Å². The number of likely N-dealkylation sites (tertiary alicyclic amines) is 1. The van der Waals surface area contributed by atoms with Gasteiger partial charge in [-0.2, -0.15) is 0 Å². The van der Waals surface area contributed by atoms with Gasteiger partial charge in [-0.05, 0) is 49.5 Å². The van der Waals surface area contributed by atoms with Crippen LogP contribution >= 0.6 is 11.3 Å². The second-order valence-corrected chi connectivity index (χ2v) is 6.70. The van der Waals surface area contributed by atoms with Crippen molar-refractivity contribution in [2.75, 3.05) is 19.6 Å². The van der Waals surface area contributed by atoms with Gasteiger partial charge >= 0.3 is 0 Å². The third kappa shape index (κ3) is 3.86. The summed E-state index contributed by atoms with van der Waals surface area (Å²) in [6.07, 6.45) is 3.23. The maximum absolute atomic E-state index is 12.3. The lowest BCUT2D eigenvalue weighted by molar-refractivity contribution is 0.0938. The summed E-state index contributed by atoms with van der Waals surface area (Å²) in [6, 6.07) is 11.2. The molecule has 1 N–H and O–H groups in total. The number of amides is 1. The quantitative estimate of drug-likeness (QED) is 0.829. The van der Waals surface area contributed by atoms with Crippen LogP contribution in [0.5, 0.6) is 0 Å². The lowest BCUT2D eigenvalue weighted by Crippen LogP contribution is -2.36.